The molecule has 3 N–H and O–H groups in total. The summed E-state index contributed by atoms with van der Waals surface area (Å²) in [6.45, 7) is 0.153. The number of carbonyl (C=O) groups excluding carboxylic acids is 1. The number of nitrogens with one attached hydrogen (secondary N) is 2. The molecule has 0 spiro atoms. The Balaban J connectivity index is 1.91. The third-order valence-electron chi connectivity index (χ3n) is 3.70. The van der Waals surface area contributed by atoms with E-state index in [1.165, 1.54) is 6.20 Å². The summed E-state index contributed by atoms with van der Waals surface area (Å²) in [4.78, 5) is 23.3. The Labute approximate surface area is 120 Å². The van der Waals surface area contributed by atoms with Gasteiger partial charge in [-0.05, 0) is 12.8 Å². The van der Waals surface area contributed by atoms with Crippen LogP contribution in [0.25, 0.3) is 0 Å². The van der Waals surface area contributed by atoms with Crippen molar-refractivity contribution < 1.29 is 14.7 Å². The summed E-state index contributed by atoms with van der Waals surface area (Å²) < 4.78 is 3.63. The zero-order valence-electron chi connectivity index (χ0n) is 11.1. The third kappa shape index (κ3) is 3.66. The van der Waals surface area contributed by atoms with Crippen molar-refractivity contribution in [3.8, 4) is 0 Å². The Morgan fingerprint density at radius 1 is 1.30 bits per heavy atom. The number of carboxylic acid groups (broad SMARTS) is 1. The van der Waals surface area contributed by atoms with Gasteiger partial charge in [0.25, 0.3) is 0 Å². The number of nitrogens with zero attached hydrogens (tertiary/aromatic N) is 2. The molecule has 2 amide bonds. The van der Waals surface area contributed by atoms with Crippen LogP contribution in [-0.4, -0.2) is 33.2 Å². The highest BCUT2D eigenvalue weighted by atomic mass is 32.1. The zero-order chi connectivity index (χ0) is 14.4. The van der Waals surface area contributed by atoms with Gasteiger partial charge in [0.2, 0.25) is 0 Å². The van der Waals surface area contributed by atoms with Gasteiger partial charge in [0, 0.05) is 18.1 Å². The summed E-state index contributed by atoms with van der Waals surface area (Å²) in [7, 11) is 0. The first-order chi connectivity index (χ1) is 9.62. The molecular weight excluding hydrogens is 280 g/mol. The number of amides is 2. The molecule has 1 fully saturated rings. The molecule has 0 aliphatic heterocycles. The van der Waals surface area contributed by atoms with Crippen LogP contribution in [0.3, 0.4) is 0 Å². The molecule has 0 saturated heterocycles. The molecule has 1 aliphatic carbocycles. The topological polar surface area (TPSA) is 104 Å². The summed E-state index contributed by atoms with van der Waals surface area (Å²) in [5.74, 6) is -0.820. The van der Waals surface area contributed by atoms with E-state index < -0.39 is 17.4 Å². The van der Waals surface area contributed by atoms with Gasteiger partial charge in [0.15, 0.2) is 0 Å². The van der Waals surface area contributed by atoms with Gasteiger partial charge in [-0.15, -0.1) is 5.10 Å². The second-order valence-corrected chi connectivity index (χ2v) is 5.87. The molecule has 1 aromatic rings. The Kier molecular flexibility index (Phi) is 4.89. The number of hydrogen-bond acceptors (Lipinski definition) is 5. The highest BCUT2D eigenvalue weighted by molar-refractivity contribution is 7.10. The molecule has 0 radical (unpaired) electrons. The quantitative estimate of drug-likeness (QED) is 0.738. The van der Waals surface area contributed by atoms with Crippen molar-refractivity contribution in [3.63, 3.8) is 0 Å². The number of aliphatic carboxylic acids is 1. The molecule has 0 unspecified atom stereocenters. The summed E-state index contributed by atoms with van der Waals surface area (Å²) in [5.41, 5.74) is -0.834. The average molecular weight is 298 g/mol. The summed E-state index contributed by atoms with van der Waals surface area (Å²) in [5, 5.41) is 18.9. The Hall–Kier alpha value is -1.70. The first-order valence-electron chi connectivity index (χ1n) is 6.68. The second kappa shape index (κ2) is 6.65. The number of aromatic nitrogens is 2. The van der Waals surface area contributed by atoms with E-state index in [-0.39, 0.29) is 6.54 Å². The van der Waals surface area contributed by atoms with E-state index in [1.54, 1.807) is 0 Å². The number of hydrogen-bond donors (Lipinski definition) is 3. The van der Waals surface area contributed by atoms with Gasteiger partial charge in [-0.2, -0.15) is 0 Å². The van der Waals surface area contributed by atoms with Crippen molar-refractivity contribution in [1.82, 2.24) is 14.9 Å². The van der Waals surface area contributed by atoms with E-state index in [2.05, 4.69) is 20.2 Å². The van der Waals surface area contributed by atoms with Crippen LogP contribution < -0.4 is 10.6 Å². The highest BCUT2D eigenvalue weighted by Gasteiger charge is 2.38. The molecular formula is C12H18N4O3S. The molecule has 20 heavy (non-hydrogen) atoms. The first kappa shape index (κ1) is 14.7. The molecule has 0 atom stereocenters. The lowest BCUT2D eigenvalue weighted by molar-refractivity contribution is -0.149. The lowest BCUT2D eigenvalue weighted by atomic mass is 9.80. The molecule has 0 aromatic carbocycles. The Bertz CT molecular complexity index is 455. The van der Waals surface area contributed by atoms with Crippen molar-refractivity contribution in [2.45, 2.75) is 38.5 Å². The molecule has 1 aromatic heterocycles. The van der Waals surface area contributed by atoms with Crippen LogP contribution in [-0.2, 0) is 4.79 Å². The first-order valence-corrected chi connectivity index (χ1v) is 7.45. The van der Waals surface area contributed by atoms with Gasteiger partial charge in [0.05, 0.1) is 11.6 Å². The van der Waals surface area contributed by atoms with Crippen LogP contribution in [0.4, 0.5) is 9.80 Å². The fourth-order valence-electron chi connectivity index (χ4n) is 2.50. The molecule has 110 valence electrons. The van der Waals surface area contributed by atoms with Gasteiger partial charge in [0.1, 0.15) is 5.00 Å². The molecule has 8 heteroatoms. The monoisotopic (exact) mass is 298 g/mol. The lowest BCUT2D eigenvalue weighted by Crippen LogP contribution is -2.44. The predicted molar refractivity (Wildman–Crippen MR) is 74.7 cm³/mol. The number of carbonyl (C=O) groups is 2. The molecule has 0 bridgehead atoms. The largest absolute Gasteiger partial charge is 0.481 e. The average Bonchev–Trinajstić information content (AvgIpc) is 2.79. The van der Waals surface area contributed by atoms with Gasteiger partial charge < -0.3 is 10.4 Å². The Morgan fingerprint density at radius 2 is 2.00 bits per heavy atom. The number of urea groups is 1. The molecule has 7 nitrogen and oxygen atoms in total. The fourth-order valence-corrected chi connectivity index (χ4v) is 2.91. The number of anilines is 1. The lowest BCUT2D eigenvalue weighted by Gasteiger charge is -2.28. The van der Waals surface area contributed by atoms with Gasteiger partial charge >= 0.3 is 12.0 Å². The van der Waals surface area contributed by atoms with Gasteiger partial charge in [-0.1, -0.05) is 30.2 Å². The second-order valence-electron chi connectivity index (χ2n) is 5.09. The van der Waals surface area contributed by atoms with Crippen molar-refractivity contribution in [2.24, 2.45) is 5.41 Å². The van der Waals surface area contributed by atoms with Crippen LogP contribution in [0.1, 0.15) is 38.5 Å². The predicted octanol–water partition coefficient (Wildman–Crippen LogP) is 2.08. The molecule has 1 saturated carbocycles. The maximum absolute atomic E-state index is 11.7. The van der Waals surface area contributed by atoms with Crippen molar-refractivity contribution >= 4 is 28.5 Å². The number of rotatable bonds is 4. The van der Waals surface area contributed by atoms with Crippen LogP contribution in [0.5, 0.6) is 0 Å². The van der Waals surface area contributed by atoms with Crippen LogP contribution in [0.2, 0.25) is 0 Å². The smallest absolute Gasteiger partial charge is 0.319 e. The third-order valence-corrected chi connectivity index (χ3v) is 4.28. The van der Waals surface area contributed by atoms with Crippen LogP contribution in [0.15, 0.2) is 6.20 Å². The minimum Gasteiger partial charge on any atom is -0.481 e. The minimum atomic E-state index is -0.834. The standard InChI is InChI=1S/C12H18N4O3S/c17-10(18)12(5-3-1-2-4-6-12)8-13-11(19)15-9-7-14-16-20-9/h7H,1-6,8H2,(H,17,18)(H2,13,15,19). The molecule has 1 aliphatic rings. The Morgan fingerprint density at radius 3 is 2.55 bits per heavy atom. The van der Waals surface area contributed by atoms with E-state index in [4.69, 9.17) is 0 Å². The normalized spacial score (nSPS) is 18.0. The summed E-state index contributed by atoms with van der Waals surface area (Å²) in [6.07, 6.45) is 6.60. The maximum Gasteiger partial charge on any atom is 0.319 e. The van der Waals surface area contributed by atoms with Crippen molar-refractivity contribution in [3.05, 3.63) is 6.20 Å². The van der Waals surface area contributed by atoms with E-state index in [9.17, 15) is 14.7 Å². The van der Waals surface area contributed by atoms with E-state index in [1.807, 2.05) is 0 Å². The van der Waals surface area contributed by atoms with Crippen molar-refractivity contribution in [2.75, 3.05) is 11.9 Å². The highest BCUT2D eigenvalue weighted by Crippen LogP contribution is 2.34. The number of carboxylic acids is 1. The van der Waals surface area contributed by atoms with E-state index in [0.29, 0.717) is 17.8 Å². The van der Waals surface area contributed by atoms with E-state index >= 15 is 0 Å². The molecule has 2 rings (SSSR count). The zero-order valence-corrected chi connectivity index (χ0v) is 11.9. The van der Waals surface area contributed by atoms with E-state index in [0.717, 1.165) is 37.2 Å². The minimum absolute atomic E-state index is 0.153. The van der Waals surface area contributed by atoms with Crippen molar-refractivity contribution in [1.29, 1.82) is 0 Å². The van der Waals surface area contributed by atoms with Gasteiger partial charge in [-0.25, -0.2) is 4.79 Å². The van der Waals surface area contributed by atoms with Gasteiger partial charge in [-0.3, -0.25) is 10.1 Å². The van der Waals surface area contributed by atoms with Crippen LogP contribution in [0, 0.1) is 5.41 Å². The maximum atomic E-state index is 11.7. The van der Waals surface area contributed by atoms with Crippen LogP contribution >= 0.6 is 11.5 Å². The summed E-state index contributed by atoms with van der Waals surface area (Å²) >= 11 is 1.07. The molecule has 1 heterocycles. The SMILES string of the molecule is O=C(NCC1(C(=O)O)CCCCCC1)Nc1cnns1. The fraction of sp³-hybridized carbons (Fsp3) is 0.667. The summed E-state index contributed by atoms with van der Waals surface area (Å²) in [6, 6.07) is -0.416.